The maximum absolute atomic E-state index is 5.81. The zero-order valence-corrected chi connectivity index (χ0v) is 9.57. The first kappa shape index (κ1) is 10.8. The van der Waals surface area contributed by atoms with Gasteiger partial charge >= 0.3 is 0 Å². The molecule has 2 aromatic heterocycles. The second-order valence-corrected chi connectivity index (χ2v) is 4.10. The monoisotopic (exact) mass is 233 g/mol. The summed E-state index contributed by atoms with van der Waals surface area (Å²) in [4.78, 5) is 9.24. The van der Waals surface area contributed by atoms with Crippen molar-refractivity contribution < 1.29 is 4.74 Å². The molecule has 0 aliphatic carbocycles. The van der Waals surface area contributed by atoms with Crippen LogP contribution in [0.5, 0.6) is 5.88 Å². The Balaban J connectivity index is 2.24. The molecule has 0 radical (unpaired) electrons. The molecule has 0 saturated carbocycles. The van der Waals surface area contributed by atoms with Crippen LogP contribution in [-0.4, -0.2) is 17.1 Å². The van der Waals surface area contributed by atoms with Gasteiger partial charge in [-0.2, -0.15) is 0 Å². The van der Waals surface area contributed by atoms with E-state index in [-0.39, 0.29) is 0 Å². The highest BCUT2D eigenvalue weighted by Crippen LogP contribution is 2.30. The average Bonchev–Trinajstić information content (AvgIpc) is 2.32. The predicted octanol–water partition coefficient (Wildman–Crippen LogP) is 2.22. The van der Waals surface area contributed by atoms with E-state index in [0.29, 0.717) is 11.6 Å². The van der Waals surface area contributed by atoms with Crippen molar-refractivity contribution in [2.45, 2.75) is 9.92 Å². The molecule has 2 rings (SSSR count). The number of pyridine rings is 2. The molecule has 16 heavy (non-hydrogen) atoms. The Hall–Kier alpha value is -1.75. The summed E-state index contributed by atoms with van der Waals surface area (Å²) >= 11 is 1.49. The average molecular weight is 233 g/mol. The van der Waals surface area contributed by atoms with E-state index >= 15 is 0 Å². The molecular weight excluding hydrogens is 222 g/mol. The molecule has 0 amide bonds. The minimum absolute atomic E-state index is 0.583. The Morgan fingerprint density at radius 3 is 2.88 bits per heavy atom. The van der Waals surface area contributed by atoms with E-state index in [2.05, 4.69) is 9.97 Å². The first-order chi connectivity index (χ1) is 7.79. The van der Waals surface area contributed by atoms with Crippen molar-refractivity contribution in [2.24, 2.45) is 0 Å². The van der Waals surface area contributed by atoms with Crippen molar-refractivity contribution in [1.29, 1.82) is 0 Å². The Labute approximate surface area is 97.9 Å². The van der Waals surface area contributed by atoms with Gasteiger partial charge in [0.2, 0.25) is 5.88 Å². The zero-order valence-electron chi connectivity index (χ0n) is 8.75. The number of rotatable bonds is 3. The number of nitrogens with two attached hydrogens (primary N) is 1. The number of methoxy groups -OCH3 is 1. The molecule has 0 aliphatic rings. The highest BCUT2D eigenvalue weighted by Gasteiger charge is 2.03. The summed E-state index contributed by atoms with van der Waals surface area (Å²) in [7, 11) is 1.59. The van der Waals surface area contributed by atoms with Gasteiger partial charge in [0, 0.05) is 23.4 Å². The minimum atomic E-state index is 0.583. The second kappa shape index (κ2) is 4.85. The van der Waals surface area contributed by atoms with Crippen molar-refractivity contribution in [1.82, 2.24) is 9.97 Å². The van der Waals surface area contributed by atoms with Gasteiger partial charge in [-0.3, -0.25) is 0 Å². The normalized spacial score (nSPS) is 10.1. The number of hydrogen-bond donors (Lipinski definition) is 1. The maximum atomic E-state index is 5.81. The molecule has 0 unspecified atom stereocenters. The number of nitrogens with zero attached hydrogens (tertiary/aromatic N) is 2. The van der Waals surface area contributed by atoms with E-state index in [1.54, 1.807) is 19.5 Å². The van der Waals surface area contributed by atoms with Crippen LogP contribution < -0.4 is 10.5 Å². The smallest absolute Gasteiger partial charge is 0.214 e. The first-order valence-electron chi connectivity index (χ1n) is 4.68. The predicted molar refractivity (Wildman–Crippen MR) is 63.6 cm³/mol. The van der Waals surface area contributed by atoms with E-state index in [1.165, 1.54) is 11.8 Å². The van der Waals surface area contributed by atoms with E-state index < -0.39 is 0 Å². The highest BCUT2D eigenvalue weighted by atomic mass is 32.2. The van der Waals surface area contributed by atoms with Crippen LogP contribution in [0.3, 0.4) is 0 Å². The third kappa shape index (κ3) is 2.43. The Kier molecular flexibility index (Phi) is 3.26. The Morgan fingerprint density at radius 2 is 2.12 bits per heavy atom. The molecule has 82 valence electrons. The lowest BCUT2D eigenvalue weighted by molar-refractivity contribution is 0.396. The van der Waals surface area contributed by atoms with Crippen LogP contribution in [0.1, 0.15) is 0 Å². The quantitative estimate of drug-likeness (QED) is 0.880. The molecule has 4 nitrogen and oxygen atoms in total. The topological polar surface area (TPSA) is 61.0 Å². The van der Waals surface area contributed by atoms with Crippen LogP contribution >= 0.6 is 11.8 Å². The summed E-state index contributed by atoms with van der Waals surface area (Å²) in [6, 6.07) is 7.38. The number of ether oxygens (including phenoxy) is 1. The van der Waals surface area contributed by atoms with E-state index in [9.17, 15) is 0 Å². The Morgan fingerprint density at radius 1 is 1.25 bits per heavy atom. The molecule has 2 aromatic rings. The fraction of sp³-hybridized carbons (Fsp3) is 0.0909. The summed E-state index contributed by atoms with van der Waals surface area (Å²) in [6.45, 7) is 0. The summed E-state index contributed by atoms with van der Waals surface area (Å²) in [5.74, 6) is 0.583. The lowest BCUT2D eigenvalue weighted by Gasteiger charge is -2.04. The van der Waals surface area contributed by atoms with Gasteiger partial charge in [0.15, 0.2) is 0 Å². The lowest BCUT2D eigenvalue weighted by atomic mass is 10.4. The fourth-order valence-electron chi connectivity index (χ4n) is 1.17. The summed E-state index contributed by atoms with van der Waals surface area (Å²) in [6.07, 6.45) is 3.41. The SMILES string of the molecule is COc1cc(Sc2ncccc2N)ccn1. The zero-order chi connectivity index (χ0) is 11.4. The van der Waals surface area contributed by atoms with Crippen molar-refractivity contribution in [3.63, 3.8) is 0 Å². The van der Waals surface area contributed by atoms with Crippen molar-refractivity contribution in [3.8, 4) is 5.88 Å². The lowest BCUT2D eigenvalue weighted by Crippen LogP contribution is -1.91. The number of anilines is 1. The first-order valence-corrected chi connectivity index (χ1v) is 5.49. The molecule has 2 heterocycles. The maximum Gasteiger partial charge on any atom is 0.214 e. The highest BCUT2D eigenvalue weighted by molar-refractivity contribution is 7.99. The molecule has 0 spiro atoms. The minimum Gasteiger partial charge on any atom is -0.481 e. The van der Waals surface area contributed by atoms with Gasteiger partial charge < -0.3 is 10.5 Å². The third-order valence-electron chi connectivity index (χ3n) is 1.93. The van der Waals surface area contributed by atoms with Gasteiger partial charge in [0.05, 0.1) is 12.8 Å². The van der Waals surface area contributed by atoms with Crippen LogP contribution in [0.4, 0.5) is 5.69 Å². The van der Waals surface area contributed by atoms with Crippen molar-refractivity contribution >= 4 is 17.4 Å². The van der Waals surface area contributed by atoms with Gasteiger partial charge in [-0.05, 0) is 18.2 Å². The second-order valence-electron chi connectivity index (χ2n) is 3.03. The number of hydrogen-bond acceptors (Lipinski definition) is 5. The molecule has 5 heteroatoms. The molecule has 0 fully saturated rings. The van der Waals surface area contributed by atoms with Crippen molar-refractivity contribution in [3.05, 3.63) is 36.7 Å². The van der Waals surface area contributed by atoms with Crippen LogP contribution in [0.15, 0.2) is 46.6 Å². The molecule has 2 N–H and O–H groups in total. The standard InChI is InChI=1S/C11H11N3OS/c1-15-10-7-8(4-6-13-10)16-11-9(12)3-2-5-14-11/h2-7H,12H2,1H3. The molecule has 0 aromatic carbocycles. The molecule has 0 saturated heterocycles. The third-order valence-corrected chi connectivity index (χ3v) is 2.95. The van der Waals surface area contributed by atoms with E-state index in [0.717, 1.165) is 9.92 Å². The van der Waals surface area contributed by atoms with Gasteiger partial charge in [0.1, 0.15) is 5.03 Å². The molecule has 0 aliphatic heterocycles. The van der Waals surface area contributed by atoms with Crippen LogP contribution in [0.2, 0.25) is 0 Å². The molecule has 0 atom stereocenters. The van der Waals surface area contributed by atoms with Gasteiger partial charge in [0.25, 0.3) is 0 Å². The van der Waals surface area contributed by atoms with Crippen LogP contribution in [0, 0.1) is 0 Å². The molecular formula is C11H11N3OS. The van der Waals surface area contributed by atoms with E-state index in [1.807, 2.05) is 24.3 Å². The van der Waals surface area contributed by atoms with Gasteiger partial charge in [-0.25, -0.2) is 9.97 Å². The summed E-state index contributed by atoms with van der Waals surface area (Å²) in [5.41, 5.74) is 6.48. The number of aromatic nitrogens is 2. The summed E-state index contributed by atoms with van der Waals surface area (Å²) in [5, 5.41) is 0.788. The number of nitrogen functional groups attached to an aromatic ring is 1. The van der Waals surface area contributed by atoms with E-state index in [4.69, 9.17) is 10.5 Å². The van der Waals surface area contributed by atoms with Crippen LogP contribution in [-0.2, 0) is 0 Å². The fourth-order valence-corrected chi connectivity index (χ4v) is 1.98. The van der Waals surface area contributed by atoms with Gasteiger partial charge in [-0.1, -0.05) is 11.8 Å². The van der Waals surface area contributed by atoms with Crippen molar-refractivity contribution in [2.75, 3.05) is 12.8 Å². The van der Waals surface area contributed by atoms with Gasteiger partial charge in [-0.15, -0.1) is 0 Å². The van der Waals surface area contributed by atoms with Crippen LogP contribution in [0.25, 0.3) is 0 Å². The Bertz CT molecular complexity index is 490. The summed E-state index contributed by atoms with van der Waals surface area (Å²) < 4.78 is 5.05. The largest absolute Gasteiger partial charge is 0.481 e. The molecule has 0 bridgehead atoms.